The molecule has 11 heteroatoms. The van der Waals surface area contributed by atoms with E-state index in [9.17, 15) is 14.7 Å². The van der Waals surface area contributed by atoms with Gasteiger partial charge < -0.3 is 25.0 Å². The molecule has 2 aromatic rings. The Morgan fingerprint density at radius 3 is 2.79 bits per heavy atom. The third-order valence-electron chi connectivity index (χ3n) is 4.73. The van der Waals surface area contributed by atoms with Crippen LogP contribution >= 0.6 is 22.9 Å². The molecule has 2 atom stereocenters. The first kappa shape index (κ1) is 20.6. The highest BCUT2D eigenvalue weighted by atomic mass is 35.5. The van der Waals surface area contributed by atoms with Crippen LogP contribution in [0.25, 0.3) is 0 Å². The molecule has 1 amide bonds. The lowest BCUT2D eigenvalue weighted by atomic mass is 10.0. The normalized spacial score (nSPS) is 19.6. The Bertz CT molecular complexity index is 883. The van der Waals surface area contributed by atoms with E-state index < -0.39 is 5.97 Å². The van der Waals surface area contributed by atoms with E-state index in [0.29, 0.717) is 41.1 Å². The number of ether oxygens (including phenoxy) is 1. The lowest BCUT2D eigenvalue weighted by Gasteiger charge is -2.37. The Morgan fingerprint density at radius 1 is 1.46 bits per heavy atom. The minimum atomic E-state index is -1.03. The smallest absolute Gasteiger partial charge is 0.355 e. The van der Waals surface area contributed by atoms with Gasteiger partial charge in [0.25, 0.3) is 5.91 Å². The molecule has 0 spiro atoms. The Morgan fingerprint density at radius 2 is 2.21 bits per heavy atom. The van der Waals surface area contributed by atoms with Crippen LogP contribution in [-0.4, -0.2) is 64.3 Å². The average molecular weight is 428 g/mol. The Balaban J connectivity index is 1.68. The number of H-pyrrole nitrogens is 1. The summed E-state index contributed by atoms with van der Waals surface area (Å²) in [7, 11) is 1.59. The molecule has 3 rings (SSSR count). The number of nitrogens with zero attached hydrogens (tertiary/aromatic N) is 3. The zero-order chi connectivity index (χ0) is 20.4. The van der Waals surface area contributed by atoms with E-state index in [-0.39, 0.29) is 29.6 Å². The van der Waals surface area contributed by atoms with Crippen molar-refractivity contribution < 1.29 is 19.4 Å². The number of aromatic carboxylic acids is 1. The minimum Gasteiger partial charge on any atom is -0.476 e. The van der Waals surface area contributed by atoms with E-state index in [1.807, 2.05) is 11.8 Å². The number of amides is 1. The first-order chi connectivity index (χ1) is 13.3. The van der Waals surface area contributed by atoms with Crippen LogP contribution in [0.3, 0.4) is 0 Å². The highest BCUT2D eigenvalue weighted by molar-refractivity contribution is 7.15. The molecule has 1 saturated heterocycles. The fraction of sp³-hybridized carbons (Fsp3) is 0.529. The quantitative estimate of drug-likeness (QED) is 0.645. The van der Waals surface area contributed by atoms with Crippen molar-refractivity contribution in [3.63, 3.8) is 0 Å². The second kappa shape index (κ2) is 8.46. The molecule has 1 fully saturated rings. The number of aromatic nitrogens is 3. The van der Waals surface area contributed by atoms with Crippen molar-refractivity contribution in [3.05, 3.63) is 27.2 Å². The van der Waals surface area contributed by atoms with Gasteiger partial charge in [-0.05, 0) is 19.8 Å². The number of carbonyl (C=O) groups is 2. The Kier molecular flexibility index (Phi) is 6.21. The number of carboxylic acids is 1. The van der Waals surface area contributed by atoms with E-state index in [4.69, 9.17) is 16.3 Å². The fourth-order valence-electron chi connectivity index (χ4n) is 3.18. The van der Waals surface area contributed by atoms with Gasteiger partial charge in [0, 0.05) is 25.1 Å². The molecule has 1 aliphatic heterocycles. The molecule has 9 nitrogen and oxygen atoms in total. The number of imidazole rings is 1. The molecule has 3 heterocycles. The topological polar surface area (TPSA) is 120 Å². The first-order valence-corrected chi connectivity index (χ1v) is 10.1. The van der Waals surface area contributed by atoms with E-state index >= 15 is 0 Å². The van der Waals surface area contributed by atoms with Crippen molar-refractivity contribution in [1.29, 1.82) is 0 Å². The van der Waals surface area contributed by atoms with Crippen LogP contribution in [0, 0.1) is 6.92 Å². The van der Waals surface area contributed by atoms with Gasteiger partial charge in [-0.2, -0.15) is 0 Å². The maximum atomic E-state index is 12.5. The number of aromatic amines is 1. The Labute approximate surface area is 171 Å². The summed E-state index contributed by atoms with van der Waals surface area (Å²) in [4.78, 5) is 37.6. The van der Waals surface area contributed by atoms with E-state index in [1.165, 1.54) is 11.3 Å². The van der Waals surface area contributed by atoms with Crippen LogP contribution in [0.2, 0.25) is 5.15 Å². The van der Waals surface area contributed by atoms with Crippen LogP contribution in [0.4, 0.5) is 5.13 Å². The SMILES string of the molecule is CCc1[nH]c(C(=O)NC2CCN(c3nc(C(=O)O)c(C)s3)CC2OC)nc1Cl. The summed E-state index contributed by atoms with van der Waals surface area (Å²) in [5.41, 5.74) is 0.795. The summed E-state index contributed by atoms with van der Waals surface area (Å²) in [5.74, 6) is -1.19. The minimum absolute atomic E-state index is 0.0748. The predicted molar refractivity (Wildman–Crippen MR) is 106 cm³/mol. The number of aryl methyl sites for hydroxylation is 2. The van der Waals surface area contributed by atoms with Crippen molar-refractivity contribution in [1.82, 2.24) is 20.3 Å². The lowest BCUT2D eigenvalue weighted by molar-refractivity contribution is 0.0538. The van der Waals surface area contributed by atoms with Gasteiger partial charge in [-0.3, -0.25) is 4.79 Å². The zero-order valence-electron chi connectivity index (χ0n) is 15.8. The van der Waals surface area contributed by atoms with Gasteiger partial charge in [-0.1, -0.05) is 18.5 Å². The molecule has 28 heavy (non-hydrogen) atoms. The molecular formula is C17H22ClN5O4S. The highest BCUT2D eigenvalue weighted by Gasteiger charge is 2.33. The second-order valence-electron chi connectivity index (χ2n) is 6.50. The second-order valence-corrected chi connectivity index (χ2v) is 8.04. The monoisotopic (exact) mass is 427 g/mol. The lowest BCUT2D eigenvalue weighted by Crippen LogP contribution is -2.55. The number of nitrogens with one attached hydrogen (secondary N) is 2. The summed E-state index contributed by atoms with van der Waals surface area (Å²) in [6.07, 6.45) is 1.01. The van der Waals surface area contributed by atoms with Crippen molar-refractivity contribution in [2.24, 2.45) is 0 Å². The zero-order valence-corrected chi connectivity index (χ0v) is 17.4. The van der Waals surface area contributed by atoms with Crippen molar-refractivity contribution in [2.45, 2.75) is 38.8 Å². The van der Waals surface area contributed by atoms with Crippen molar-refractivity contribution in [3.8, 4) is 0 Å². The van der Waals surface area contributed by atoms with Gasteiger partial charge >= 0.3 is 5.97 Å². The highest BCUT2D eigenvalue weighted by Crippen LogP contribution is 2.29. The molecule has 1 aliphatic rings. The van der Waals surface area contributed by atoms with E-state index in [1.54, 1.807) is 14.0 Å². The molecule has 2 unspecified atom stereocenters. The largest absolute Gasteiger partial charge is 0.476 e. The molecule has 2 aromatic heterocycles. The number of piperidine rings is 1. The number of carboxylic acid groups (broad SMARTS) is 1. The standard InChI is InChI=1S/C17H22ClN5O4S/c1-4-9-13(18)22-14(19-9)15(24)20-10-5-6-23(7-11(10)27-3)17-21-12(16(25)26)8(2)28-17/h10-11H,4-7H2,1-3H3,(H,19,22)(H,20,24)(H,25,26). The van der Waals surface area contributed by atoms with Gasteiger partial charge in [0.1, 0.15) is 0 Å². The molecular weight excluding hydrogens is 406 g/mol. The summed E-state index contributed by atoms with van der Waals surface area (Å²) >= 11 is 7.35. The number of thiazole rings is 1. The number of rotatable bonds is 6. The van der Waals surface area contributed by atoms with Gasteiger partial charge in [-0.25, -0.2) is 14.8 Å². The number of carbonyl (C=O) groups excluding carboxylic acids is 1. The number of hydrogen-bond donors (Lipinski definition) is 3. The third-order valence-corrected chi connectivity index (χ3v) is 6.08. The summed E-state index contributed by atoms with van der Waals surface area (Å²) in [5, 5.41) is 13.1. The maximum Gasteiger partial charge on any atom is 0.355 e. The predicted octanol–water partition coefficient (Wildman–Crippen LogP) is 2.11. The van der Waals surface area contributed by atoms with Gasteiger partial charge in [-0.15, -0.1) is 11.3 Å². The number of anilines is 1. The van der Waals surface area contributed by atoms with Crippen LogP contribution in [0.5, 0.6) is 0 Å². The molecule has 152 valence electrons. The van der Waals surface area contributed by atoms with Gasteiger partial charge in [0.05, 0.1) is 17.8 Å². The van der Waals surface area contributed by atoms with Crippen LogP contribution in [0.1, 0.15) is 45.0 Å². The molecule has 0 aliphatic carbocycles. The third kappa shape index (κ3) is 4.13. The fourth-order valence-corrected chi connectivity index (χ4v) is 4.38. The van der Waals surface area contributed by atoms with E-state index in [0.717, 1.165) is 5.69 Å². The number of methoxy groups -OCH3 is 1. The molecule has 0 aromatic carbocycles. The number of hydrogen-bond acceptors (Lipinski definition) is 7. The van der Waals surface area contributed by atoms with Crippen LogP contribution in [0.15, 0.2) is 0 Å². The van der Waals surface area contributed by atoms with Crippen LogP contribution in [-0.2, 0) is 11.2 Å². The molecule has 0 radical (unpaired) electrons. The summed E-state index contributed by atoms with van der Waals surface area (Å²) in [6, 6.07) is -0.206. The van der Waals surface area contributed by atoms with Gasteiger partial charge in [0.2, 0.25) is 0 Å². The number of halogens is 1. The Hall–Kier alpha value is -2.17. The maximum absolute atomic E-state index is 12.5. The van der Waals surface area contributed by atoms with Crippen molar-refractivity contribution >= 4 is 39.9 Å². The van der Waals surface area contributed by atoms with Crippen molar-refractivity contribution in [2.75, 3.05) is 25.1 Å². The summed E-state index contributed by atoms with van der Waals surface area (Å²) < 4.78 is 5.57. The van der Waals surface area contributed by atoms with Crippen LogP contribution < -0.4 is 10.2 Å². The van der Waals surface area contributed by atoms with Gasteiger partial charge in [0.15, 0.2) is 21.8 Å². The summed E-state index contributed by atoms with van der Waals surface area (Å²) in [6.45, 7) is 4.78. The molecule has 3 N–H and O–H groups in total. The first-order valence-electron chi connectivity index (χ1n) is 8.87. The molecule has 0 saturated carbocycles. The molecule has 0 bridgehead atoms. The van der Waals surface area contributed by atoms with E-state index in [2.05, 4.69) is 20.3 Å². The average Bonchev–Trinajstić information content (AvgIpc) is 3.24.